The zero-order valence-electron chi connectivity index (χ0n) is 11.0. The number of aromatic amines is 1. The Labute approximate surface area is 107 Å². The minimum Gasteiger partial charge on any atom is -0.345 e. The zero-order valence-corrected chi connectivity index (χ0v) is 11.0. The molecule has 1 aromatic carbocycles. The van der Waals surface area contributed by atoms with Crippen molar-refractivity contribution >= 4 is 0 Å². The van der Waals surface area contributed by atoms with Crippen LogP contribution in [0.1, 0.15) is 41.4 Å². The van der Waals surface area contributed by atoms with Crippen LogP contribution in [0.2, 0.25) is 0 Å². The molecule has 3 nitrogen and oxygen atoms in total. The minimum atomic E-state index is 0.582. The summed E-state index contributed by atoms with van der Waals surface area (Å²) in [6.07, 6.45) is 2.54. The molecule has 18 heavy (non-hydrogen) atoms. The number of H-pyrrole nitrogens is 1. The number of nitrogens with two attached hydrogens (primary N) is 1. The molecule has 1 heterocycles. The van der Waals surface area contributed by atoms with Gasteiger partial charge >= 0.3 is 0 Å². The number of imidazole rings is 1. The predicted octanol–water partition coefficient (Wildman–Crippen LogP) is 3.03. The Kier molecular flexibility index (Phi) is 2.71. The van der Waals surface area contributed by atoms with E-state index in [1.807, 2.05) is 0 Å². The topological polar surface area (TPSA) is 54.7 Å². The van der Waals surface area contributed by atoms with E-state index in [2.05, 4.69) is 37.0 Å². The molecule has 1 saturated carbocycles. The summed E-state index contributed by atoms with van der Waals surface area (Å²) in [6, 6.07) is 6.42. The zero-order chi connectivity index (χ0) is 12.7. The summed E-state index contributed by atoms with van der Waals surface area (Å²) in [4.78, 5) is 8.17. The number of aromatic nitrogens is 2. The molecule has 0 radical (unpaired) electrons. The van der Waals surface area contributed by atoms with Gasteiger partial charge in [-0.15, -0.1) is 0 Å². The maximum absolute atomic E-state index is 5.77. The van der Waals surface area contributed by atoms with Gasteiger partial charge in [0.15, 0.2) is 0 Å². The van der Waals surface area contributed by atoms with Crippen LogP contribution in [-0.4, -0.2) is 9.97 Å². The summed E-state index contributed by atoms with van der Waals surface area (Å²) in [7, 11) is 0. The van der Waals surface area contributed by atoms with E-state index in [1.165, 1.54) is 29.5 Å². The van der Waals surface area contributed by atoms with Crippen LogP contribution in [0.3, 0.4) is 0 Å². The van der Waals surface area contributed by atoms with Gasteiger partial charge in [-0.1, -0.05) is 12.1 Å². The van der Waals surface area contributed by atoms with Crippen LogP contribution >= 0.6 is 0 Å². The van der Waals surface area contributed by atoms with Crippen molar-refractivity contribution in [3.63, 3.8) is 0 Å². The van der Waals surface area contributed by atoms with Crippen LogP contribution in [0, 0.1) is 13.8 Å². The Morgan fingerprint density at radius 2 is 2.11 bits per heavy atom. The van der Waals surface area contributed by atoms with Crippen molar-refractivity contribution in [2.45, 2.75) is 39.2 Å². The Bertz CT molecular complexity index is 579. The lowest BCUT2D eigenvalue weighted by molar-refractivity contribution is 0.969. The highest BCUT2D eigenvalue weighted by molar-refractivity contribution is 5.63. The lowest BCUT2D eigenvalue weighted by Crippen LogP contribution is -1.99. The fourth-order valence-corrected chi connectivity index (χ4v) is 2.35. The predicted molar refractivity (Wildman–Crippen MR) is 73.4 cm³/mol. The lowest BCUT2D eigenvalue weighted by Gasteiger charge is -2.05. The molecule has 0 bridgehead atoms. The van der Waals surface area contributed by atoms with Gasteiger partial charge in [-0.2, -0.15) is 0 Å². The van der Waals surface area contributed by atoms with Gasteiger partial charge < -0.3 is 10.7 Å². The summed E-state index contributed by atoms with van der Waals surface area (Å²) in [6.45, 7) is 4.77. The third kappa shape index (κ3) is 1.95. The highest BCUT2D eigenvalue weighted by Crippen LogP contribution is 2.39. The molecule has 1 aliphatic rings. The SMILES string of the molecule is Cc1ccc(-c2nc(C3CC3)[nH]c2C)cc1CN. The normalized spacial score (nSPS) is 15.1. The van der Waals surface area contributed by atoms with Crippen molar-refractivity contribution in [1.29, 1.82) is 0 Å². The number of hydrogen-bond donors (Lipinski definition) is 2. The number of nitrogens with one attached hydrogen (secondary N) is 1. The fraction of sp³-hybridized carbons (Fsp3) is 0.400. The van der Waals surface area contributed by atoms with E-state index in [4.69, 9.17) is 10.7 Å². The first kappa shape index (κ1) is 11.5. The van der Waals surface area contributed by atoms with Gasteiger partial charge in [0.2, 0.25) is 0 Å². The van der Waals surface area contributed by atoms with E-state index in [1.54, 1.807) is 0 Å². The van der Waals surface area contributed by atoms with Crippen LogP contribution in [0.25, 0.3) is 11.3 Å². The second-order valence-electron chi connectivity index (χ2n) is 5.22. The third-order valence-electron chi connectivity index (χ3n) is 3.71. The molecule has 3 N–H and O–H groups in total. The summed E-state index contributed by atoms with van der Waals surface area (Å²) in [5, 5.41) is 0. The number of nitrogens with zero attached hydrogens (tertiary/aromatic N) is 1. The Morgan fingerprint density at radius 1 is 1.33 bits per heavy atom. The van der Waals surface area contributed by atoms with Crippen molar-refractivity contribution in [2.75, 3.05) is 0 Å². The summed E-state index contributed by atoms with van der Waals surface area (Å²) in [5.74, 6) is 1.81. The van der Waals surface area contributed by atoms with Crippen molar-refractivity contribution in [3.05, 3.63) is 40.8 Å². The van der Waals surface area contributed by atoms with E-state index in [9.17, 15) is 0 Å². The molecular formula is C15H19N3. The monoisotopic (exact) mass is 241 g/mol. The molecule has 0 spiro atoms. The van der Waals surface area contributed by atoms with Gasteiger partial charge in [0.05, 0.1) is 5.69 Å². The molecule has 0 unspecified atom stereocenters. The average Bonchev–Trinajstić information content (AvgIpc) is 3.14. The Morgan fingerprint density at radius 3 is 2.78 bits per heavy atom. The Balaban J connectivity index is 2.03. The molecule has 1 aliphatic carbocycles. The number of aryl methyl sites for hydroxylation is 2. The van der Waals surface area contributed by atoms with Crippen molar-refractivity contribution in [2.24, 2.45) is 5.73 Å². The number of hydrogen-bond acceptors (Lipinski definition) is 2. The van der Waals surface area contributed by atoms with Gasteiger partial charge in [-0.05, 0) is 43.9 Å². The van der Waals surface area contributed by atoms with Crippen LogP contribution in [0.5, 0.6) is 0 Å². The second kappa shape index (κ2) is 4.25. The molecular weight excluding hydrogens is 222 g/mol. The van der Waals surface area contributed by atoms with Crippen molar-refractivity contribution < 1.29 is 0 Å². The third-order valence-corrected chi connectivity index (χ3v) is 3.71. The molecule has 2 aromatic rings. The fourth-order valence-electron chi connectivity index (χ4n) is 2.35. The first-order valence-corrected chi connectivity index (χ1v) is 6.55. The molecule has 3 heteroatoms. The van der Waals surface area contributed by atoms with E-state index < -0.39 is 0 Å². The molecule has 94 valence electrons. The quantitative estimate of drug-likeness (QED) is 0.867. The van der Waals surface area contributed by atoms with Gasteiger partial charge in [0.25, 0.3) is 0 Å². The largest absolute Gasteiger partial charge is 0.345 e. The molecule has 1 aromatic heterocycles. The maximum Gasteiger partial charge on any atom is 0.110 e. The van der Waals surface area contributed by atoms with E-state index >= 15 is 0 Å². The van der Waals surface area contributed by atoms with Crippen LogP contribution in [0.15, 0.2) is 18.2 Å². The van der Waals surface area contributed by atoms with E-state index in [-0.39, 0.29) is 0 Å². The highest BCUT2D eigenvalue weighted by Gasteiger charge is 2.27. The molecule has 0 atom stereocenters. The maximum atomic E-state index is 5.77. The molecule has 0 saturated heterocycles. The molecule has 3 rings (SSSR count). The summed E-state index contributed by atoms with van der Waals surface area (Å²) in [5.41, 5.74) is 11.6. The van der Waals surface area contributed by atoms with E-state index in [0.717, 1.165) is 17.2 Å². The highest BCUT2D eigenvalue weighted by atomic mass is 14.9. The average molecular weight is 241 g/mol. The standard InChI is InChI=1S/C15H19N3/c1-9-3-4-12(7-13(9)8-16)14-10(2)17-15(18-14)11-5-6-11/h3-4,7,11H,5-6,8,16H2,1-2H3,(H,17,18). The van der Waals surface area contributed by atoms with Crippen LogP contribution in [0.4, 0.5) is 0 Å². The first-order chi connectivity index (χ1) is 8.69. The summed E-state index contributed by atoms with van der Waals surface area (Å²) >= 11 is 0. The number of benzene rings is 1. The second-order valence-corrected chi connectivity index (χ2v) is 5.22. The van der Waals surface area contributed by atoms with Crippen molar-refractivity contribution in [3.8, 4) is 11.3 Å². The van der Waals surface area contributed by atoms with Gasteiger partial charge in [-0.25, -0.2) is 4.98 Å². The van der Waals surface area contributed by atoms with Gasteiger partial charge in [0.1, 0.15) is 5.82 Å². The molecule has 0 amide bonds. The number of rotatable bonds is 3. The van der Waals surface area contributed by atoms with Gasteiger partial charge in [-0.3, -0.25) is 0 Å². The van der Waals surface area contributed by atoms with Gasteiger partial charge in [0, 0.05) is 23.7 Å². The lowest BCUT2D eigenvalue weighted by atomic mass is 10.0. The van der Waals surface area contributed by atoms with E-state index in [0.29, 0.717) is 12.5 Å². The van der Waals surface area contributed by atoms with Crippen molar-refractivity contribution in [1.82, 2.24) is 9.97 Å². The first-order valence-electron chi connectivity index (χ1n) is 6.55. The van der Waals surface area contributed by atoms with Crippen LogP contribution < -0.4 is 5.73 Å². The molecule has 1 fully saturated rings. The Hall–Kier alpha value is -1.61. The summed E-state index contributed by atoms with van der Waals surface area (Å²) < 4.78 is 0. The molecule has 0 aliphatic heterocycles. The smallest absolute Gasteiger partial charge is 0.110 e. The van der Waals surface area contributed by atoms with Crippen LogP contribution in [-0.2, 0) is 6.54 Å². The minimum absolute atomic E-state index is 0.582.